The summed E-state index contributed by atoms with van der Waals surface area (Å²) >= 11 is 0. The van der Waals surface area contributed by atoms with Gasteiger partial charge in [-0.1, -0.05) is 35.9 Å². The molecule has 0 fully saturated rings. The normalized spacial score (nSPS) is 10.9. The Bertz CT molecular complexity index is 1080. The van der Waals surface area contributed by atoms with Crippen LogP contribution in [-0.2, 0) is 0 Å². The van der Waals surface area contributed by atoms with E-state index in [0.717, 1.165) is 33.8 Å². The maximum absolute atomic E-state index is 4.72. The SMILES string of the molecule is Cc1ccc(Nc2nc(Nc3ccccc3C)c3cc[nH]c3n2)c(C)c1. The summed E-state index contributed by atoms with van der Waals surface area (Å²) in [6.07, 6.45) is 1.88. The first kappa shape index (κ1) is 16.1. The van der Waals surface area contributed by atoms with Crippen molar-refractivity contribution in [3.05, 3.63) is 71.4 Å². The van der Waals surface area contributed by atoms with Crippen LogP contribution in [0.3, 0.4) is 0 Å². The number of anilines is 4. The van der Waals surface area contributed by atoms with Gasteiger partial charge in [0.25, 0.3) is 0 Å². The number of hydrogen-bond donors (Lipinski definition) is 3. The van der Waals surface area contributed by atoms with E-state index in [1.54, 1.807) is 0 Å². The second-order valence-corrected chi connectivity index (χ2v) is 6.52. The van der Waals surface area contributed by atoms with Gasteiger partial charge in [0.05, 0.1) is 5.39 Å². The van der Waals surface area contributed by atoms with E-state index in [1.165, 1.54) is 11.1 Å². The van der Waals surface area contributed by atoms with Crippen molar-refractivity contribution in [3.63, 3.8) is 0 Å². The van der Waals surface area contributed by atoms with Gasteiger partial charge in [0, 0.05) is 17.6 Å². The number of nitrogens with zero attached hydrogens (tertiary/aromatic N) is 2. The van der Waals surface area contributed by atoms with E-state index in [2.05, 4.69) is 65.6 Å². The zero-order valence-corrected chi connectivity index (χ0v) is 15.1. The van der Waals surface area contributed by atoms with E-state index in [9.17, 15) is 0 Å². The third-order valence-electron chi connectivity index (χ3n) is 4.44. The van der Waals surface area contributed by atoms with Crippen LogP contribution in [0, 0.1) is 20.8 Å². The number of hydrogen-bond acceptors (Lipinski definition) is 4. The Balaban J connectivity index is 1.74. The second-order valence-electron chi connectivity index (χ2n) is 6.52. The van der Waals surface area contributed by atoms with Crippen LogP contribution in [0.1, 0.15) is 16.7 Å². The average Bonchev–Trinajstić information content (AvgIpc) is 3.08. The molecule has 26 heavy (non-hydrogen) atoms. The lowest BCUT2D eigenvalue weighted by atomic mass is 10.1. The molecule has 3 N–H and O–H groups in total. The van der Waals surface area contributed by atoms with Crippen LogP contribution in [0.2, 0.25) is 0 Å². The molecular weight excluding hydrogens is 322 g/mol. The maximum Gasteiger partial charge on any atom is 0.231 e. The maximum atomic E-state index is 4.72. The molecule has 0 aliphatic rings. The first-order valence-electron chi connectivity index (χ1n) is 8.62. The summed E-state index contributed by atoms with van der Waals surface area (Å²) in [6, 6.07) is 16.4. The van der Waals surface area contributed by atoms with Gasteiger partial charge in [0.15, 0.2) is 0 Å². The summed E-state index contributed by atoms with van der Waals surface area (Å²) in [4.78, 5) is 12.5. The molecule has 0 spiro atoms. The molecule has 0 unspecified atom stereocenters. The van der Waals surface area contributed by atoms with Gasteiger partial charge >= 0.3 is 0 Å². The summed E-state index contributed by atoms with van der Waals surface area (Å²) < 4.78 is 0. The molecule has 2 heterocycles. The van der Waals surface area contributed by atoms with Crippen LogP contribution in [0.4, 0.5) is 23.1 Å². The van der Waals surface area contributed by atoms with Crippen molar-refractivity contribution in [1.29, 1.82) is 0 Å². The van der Waals surface area contributed by atoms with Crippen molar-refractivity contribution in [1.82, 2.24) is 15.0 Å². The third-order valence-corrected chi connectivity index (χ3v) is 4.44. The molecule has 2 aromatic carbocycles. The third kappa shape index (κ3) is 3.11. The van der Waals surface area contributed by atoms with Gasteiger partial charge in [0.1, 0.15) is 11.5 Å². The first-order chi connectivity index (χ1) is 12.6. The molecule has 0 aliphatic heterocycles. The van der Waals surface area contributed by atoms with Gasteiger partial charge in [0.2, 0.25) is 5.95 Å². The van der Waals surface area contributed by atoms with Crippen molar-refractivity contribution >= 4 is 34.2 Å². The smallest absolute Gasteiger partial charge is 0.231 e. The fourth-order valence-corrected chi connectivity index (χ4v) is 3.01. The van der Waals surface area contributed by atoms with Gasteiger partial charge < -0.3 is 15.6 Å². The van der Waals surface area contributed by atoms with Crippen LogP contribution < -0.4 is 10.6 Å². The molecule has 0 radical (unpaired) electrons. The molecule has 0 saturated heterocycles. The molecule has 2 aromatic heterocycles. The number of H-pyrrole nitrogens is 1. The molecule has 4 aromatic rings. The largest absolute Gasteiger partial charge is 0.346 e. The number of para-hydroxylation sites is 1. The Hall–Kier alpha value is -3.34. The number of aromatic amines is 1. The van der Waals surface area contributed by atoms with Gasteiger partial charge in [-0.15, -0.1) is 0 Å². The van der Waals surface area contributed by atoms with E-state index in [0.29, 0.717) is 5.95 Å². The minimum Gasteiger partial charge on any atom is -0.346 e. The van der Waals surface area contributed by atoms with E-state index < -0.39 is 0 Å². The Morgan fingerprint density at radius 3 is 2.42 bits per heavy atom. The summed E-state index contributed by atoms with van der Waals surface area (Å²) in [7, 11) is 0. The number of aromatic nitrogens is 3. The number of nitrogens with one attached hydrogen (secondary N) is 3. The fourth-order valence-electron chi connectivity index (χ4n) is 3.01. The highest BCUT2D eigenvalue weighted by atomic mass is 15.2. The monoisotopic (exact) mass is 343 g/mol. The lowest BCUT2D eigenvalue weighted by Gasteiger charge is -2.13. The van der Waals surface area contributed by atoms with Gasteiger partial charge in [-0.25, -0.2) is 0 Å². The molecule has 0 atom stereocenters. The lowest BCUT2D eigenvalue weighted by molar-refractivity contribution is 1.19. The van der Waals surface area contributed by atoms with Crippen molar-refractivity contribution in [2.75, 3.05) is 10.6 Å². The van der Waals surface area contributed by atoms with Crippen LogP contribution in [0.15, 0.2) is 54.7 Å². The molecule has 0 amide bonds. The van der Waals surface area contributed by atoms with Gasteiger partial charge in [-0.05, 0) is 50.1 Å². The van der Waals surface area contributed by atoms with E-state index >= 15 is 0 Å². The zero-order valence-electron chi connectivity index (χ0n) is 15.1. The molecular formula is C21H21N5. The fraction of sp³-hybridized carbons (Fsp3) is 0.143. The summed E-state index contributed by atoms with van der Waals surface area (Å²) in [6.45, 7) is 6.24. The van der Waals surface area contributed by atoms with Crippen molar-refractivity contribution < 1.29 is 0 Å². The van der Waals surface area contributed by atoms with Crippen LogP contribution in [0.25, 0.3) is 11.0 Å². The quantitative estimate of drug-likeness (QED) is 0.466. The van der Waals surface area contributed by atoms with Gasteiger partial charge in [-0.3, -0.25) is 0 Å². The molecule has 0 bridgehead atoms. The second kappa shape index (κ2) is 6.52. The predicted octanol–water partition coefficient (Wildman–Crippen LogP) is 5.37. The average molecular weight is 343 g/mol. The Labute approximate surface area is 152 Å². The summed E-state index contributed by atoms with van der Waals surface area (Å²) in [5, 5.41) is 7.74. The highest BCUT2D eigenvalue weighted by Gasteiger charge is 2.11. The Kier molecular flexibility index (Phi) is 4.05. The van der Waals surface area contributed by atoms with Crippen molar-refractivity contribution in [3.8, 4) is 0 Å². The first-order valence-corrected chi connectivity index (χ1v) is 8.62. The number of rotatable bonds is 4. The lowest BCUT2D eigenvalue weighted by Crippen LogP contribution is -2.03. The number of fused-ring (bicyclic) bond motifs is 1. The topological polar surface area (TPSA) is 65.6 Å². The molecule has 0 aliphatic carbocycles. The van der Waals surface area contributed by atoms with E-state index in [-0.39, 0.29) is 0 Å². The highest BCUT2D eigenvalue weighted by Crippen LogP contribution is 2.28. The molecule has 130 valence electrons. The highest BCUT2D eigenvalue weighted by molar-refractivity contribution is 5.90. The predicted molar refractivity (Wildman–Crippen MR) is 108 cm³/mol. The van der Waals surface area contributed by atoms with Crippen LogP contribution >= 0.6 is 0 Å². The standard InChI is InChI=1S/C21H21N5/c1-13-8-9-18(15(3)12-13)24-21-25-19-16(10-11-22-19)20(26-21)23-17-7-5-4-6-14(17)2/h4-12H,1-3H3,(H3,22,23,24,25,26). The minimum absolute atomic E-state index is 0.558. The van der Waals surface area contributed by atoms with Crippen LogP contribution in [-0.4, -0.2) is 15.0 Å². The summed E-state index contributed by atoms with van der Waals surface area (Å²) in [5.74, 6) is 1.33. The number of aryl methyl sites for hydroxylation is 3. The van der Waals surface area contributed by atoms with Gasteiger partial charge in [-0.2, -0.15) is 9.97 Å². The molecule has 0 saturated carbocycles. The van der Waals surface area contributed by atoms with Crippen molar-refractivity contribution in [2.45, 2.75) is 20.8 Å². The molecule has 5 nitrogen and oxygen atoms in total. The molecule has 5 heteroatoms. The zero-order chi connectivity index (χ0) is 18.1. The van der Waals surface area contributed by atoms with E-state index in [4.69, 9.17) is 4.98 Å². The minimum atomic E-state index is 0.558. The van der Waals surface area contributed by atoms with E-state index in [1.807, 2.05) is 30.5 Å². The Morgan fingerprint density at radius 1 is 0.808 bits per heavy atom. The Morgan fingerprint density at radius 2 is 1.62 bits per heavy atom. The number of benzene rings is 2. The van der Waals surface area contributed by atoms with Crippen molar-refractivity contribution in [2.24, 2.45) is 0 Å². The van der Waals surface area contributed by atoms with Crippen LogP contribution in [0.5, 0.6) is 0 Å². The molecule has 4 rings (SSSR count). The summed E-state index contributed by atoms with van der Waals surface area (Å²) in [5.41, 5.74) is 6.39.